The van der Waals surface area contributed by atoms with Crippen LogP contribution in [0.4, 0.5) is 0 Å². The molecule has 9 heteroatoms. The summed E-state index contributed by atoms with van der Waals surface area (Å²) in [6, 6.07) is 7.88. The summed E-state index contributed by atoms with van der Waals surface area (Å²) in [5, 5.41) is 4.02. The Morgan fingerprint density at radius 1 is 1.38 bits per heavy atom. The number of methoxy groups -OCH3 is 1. The van der Waals surface area contributed by atoms with Gasteiger partial charge in [0.25, 0.3) is 5.91 Å². The van der Waals surface area contributed by atoms with Crippen molar-refractivity contribution in [1.82, 2.24) is 19.4 Å². The largest absolute Gasteiger partial charge is 0.380 e. The summed E-state index contributed by atoms with van der Waals surface area (Å²) >= 11 is 0. The molecule has 1 amide bonds. The van der Waals surface area contributed by atoms with Crippen LogP contribution in [0.15, 0.2) is 47.6 Å². The molecule has 0 saturated carbocycles. The number of benzene rings is 1. The Morgan fingerprint density at radius 2 is 2.23 bits per heavy atom. The van der Waals surface area contributed by atoms with Crippen LogP contribution < -0.4 is 4.72 Å². The van der Waals surface area contributed by atoms with Crippen LogP contribution >= 0.6 is 0 Å². The Kier molecular flexibility index (Phi) is 5.70. The minimum atomic E-state index is -3.70. The molecule has 1 aliphatic heterocycles. The van der Waals surface area contributed by atoms with Crippen LogP contribution in [-0.2, 0) is 21.3 Å². The van der Waals surface area contributed by atoms with Crippen LogP contribution in [0.25, 0.3) is 0 Å². The maximum absolute atomic E-state index is 12.6. The van der Waals surface area contributed by atoms with Gasteiger partial charge in [-0.05, 0) is 30.7 Å². The Labute approximate surface area is 152 Å². The number of carbonyl (C=O) groups excluding carboxylic acids is 1. The van der Waals surface area contributed by atoms with E-state index in [1.54, 1.807) is 47.3 Å². The summed E-state index contributed by atoms with van der Waals surface area (Å²) in [7, 11) is -2.07. The highest BCUT2D eigenvalue weighted by molar-refractivity contribution is 7.89. The molecule has 0 bridgehead atoms. The number of sulfonamides is 1. The molecule has 0 aliphatic carbocycles. The van der Waals surface area contributed by atoms with Crippen molar-refractivity contribution < 1.29 is 17.9 Å². The highest BCUT2D eigenvalue weighted by atomic mass is 32.2. The molecular weight excluding hydrogens is 356 g/mol. The first-order valence-corrected chi connectivity index (χ1v) is 9.87. The molecule has 1 aromatic heterocycles. The van der Waals surface area contributed by atoms with Crippen molar-refractivity contribution in [2.75, 3.05) is 26.7 Å². The van der Waals surface area contributed by atoms with E-state index in [9.17, 15) is 13.2 Å². The summed E-state index contributed by atoms with van der Waals surface area (Å²) in [4.78, 5) is 14.4. The lowest BCUT2D eigenvalue weighted by Gasteiger charge is -2.16. The maximum atomic E-state index is 12.6. The van der Waals surface area contributed by atoms with E-state index in [1.165, 1.54) is 12.1 Å². The molecule has 1 saturated heterocycles. The second-order valence-electron chi connectivity index (χ2n) is 6.09. The monoisotopic (exact) mass is 378 g/mol. The normalized spacial score (nSPS) is 17.6. The number of nitrogens with one attached hydrogen (secondary N) is 1. The number of hydrogen-bond donors (Lipinski definition) is 1. The molecule has 0 radical (unpaired) electrons. The third kappa shape index (κ3) is 4.29. The third-order valence-corrected chi connectivity index (χ3v) is 5.81. The van der Waals surface area contributed by atoms with E-state index in [1.807, 2.05) is 0 Å². The molecule has 2 heterocycles. The van der Waals surface area contributed by atoms with Crippen LogP contribution in [0.3, 0.4) is 0 Å². The van der Waals surface area contributed by atoms with Gasteiger partial charge in [0.15, 0.2) is 0 Å². The van der Waals surface area contributed by atoms with Gasteiger partial charge in [-0.3, -0.25) is 9.48 Å². The van der Waals surface area contributed by atoms with Crippen molar-refractivity contribution in [3.8, 4) is 0 Å². The zero-order chi connectivity index (χ0) is 18.6. The van der Waals surface area contributed by atoms with Crippen molar-refractivity contribution in [2.45, 2.75) is 24.0 Å². The molecule has 0 spiro atoms. The average molecular weight is 378 g/mol. The first kappa shape index (κ1) is 18.6. The summed E-state index contributed by atoms with van der Waals surface area (Å²) in [6.45, 7) is 1.77. The van der Waals surface area contributed by atoms with Gasteiger partial charge in [0.05, 0.1) is 17.5 Å². The highest BCUT2D eigenvalue weighted by Crippen LogP contribution is 2.18. The fourth-order valence-corrected chi connectivity index (χ4v) is 3.96. The molecule has 1 aromatic carbocycles. The first-order valence-electron chi connectivity index (χ1n) is 8.39. The van der Waals surface area contributed by atoms with E-state index in [2.05, 4.69) is 9.82 Å². The van der Waals surface area contributed by atoms with Gasteiger partial charge in [0.2, 0.25) is 10.0 Å². The second-order valence-corrected chi connectivity index (χ2v) is 7.86. The number of likely N-dealkylation sites (tertiary alicyclic amines) is 1. The second kappa shape index (κ2) is 7.98. The number of amides is 1. The fraction of sp³-hybridized carbons (Fsp3) is 0.412. The van der Waals surface area contributed by atoms with Gasteiger partial charge >= 0.3 is 0 Å². The maximum Gasteiger partial charge on any atom is 0.253 e. The van der Waals surface area contributed by atoms with Gasteiger partial charge in [-0.25, -0.2) is 13.1 Å². The lowest BCUT2D eigenvalue weighted by Crippen LogP contribution is -2.31. The van der Waals surface area contributed by atoms with Crippen LogP contribution in [0.5, 0.6) is 0 Å². The van der Waals surface area contributed by atoms with Crippen molar-refractivity contribution in [2.24, 2.45) is 0 Å². The van der Waals surface area contributed by atoms with Gasteiger partial charge in [-0.15, -0.1) is 0 Å². The van der Waals surface area contributed by atoms with Crippen LogP contribution in [0.2, 0.25) is 0 Å². The first-order chi connectivity index (χ1) is 12.5. The number of rotatable bonds is 7. The van der Waals surface area contributed by atoms with Crippen LogP contribution in [-0.4, -0.2) is 61.9 Å². The number of ether oxygens (including phenoxy) is 1. The molecule has 1 fully saturated rings. The van der Waals surface area contributed by atoms with Gasteiger partial charge in [-0.1, -0.05) is 6.07 Å². The molecule has 2 aromatic rings. The predicted molar refractivity (Wildman–Crippen MR) is 95.2 cm³/mol. The van der Waals surface area contributed by atoms with E-state index in [0.29, 0.717) is 25.2 Å². The lowest BCUT2D eigenvalue weighted by atomic mass is 10.2. The van der Waals surface area contributed by atoms with Gasteiger partial charge < -0.3 is 9.64 Å². The van der Waals surface area contributed by atoms with Crippen molar-refractivity contribution >= 4 is 15.9 Å². The molecule has 140 valence electrons. The van der Waals surface area contributed by atoms with E-state index < -0.39 is 10.0 Å². The average Bonchev–Trinajstić information content (AvgIpc) is 3.33. The number of nitrogens with zero attached hydrogens (tertiary/aromatic N) is 3. The van der Waals surface area contributed by atoms with Crippen LogP contribution in [0, 0.1) is 0 Å². The van der Waals surface area contributed by atoms with Crippen molar-refractivity contribution in [3.63, 3.8) is 0 Å². The summed E-state index contributed by atoms with van der Waals surface area (Å²) in [5.74, 6) is -0.182. The molecule has 1 unspecified atom stereocenters. The summed E-state index contributed by atoms with van der Waals surface area (Å²) in [6.07, 6.45) is 4.22. The van der Waals surface area contributed by atoms with E-state index in [0.717, 1.165) is 6.42 Å². The standard InChI is InChI=1S/C17H22N4O4S/c1-25-15-6-10-20(13-15)17(22)14-4-2-5-16(12-14)26(23,24)19-8-11-21-9-3-7-18-21/h2-5,7,9,12,15,19H,6,8,10-11,13H2,1H3. The van der Waals surface area contributed by atoms with Gasteiger partial charge in [-0.2, -0.15) is 5.10 Å². The quantitative estimate of drug-likeness (QED) is 0.766. The molecule has 26 heavy (non-hydrogen) atoms. The summed E-state index contributed by atoms with van der Waals surface area (Å²) < 4.78 is 34.4. The Bertz CT molecular complexity index is 851. The molecular formula is C17H22N4O4S. The topological polar surface area (TPSA) is 93.5 Å². The number of carbonyl (C=O) groups is 1. The summed E-state index contributed by atoms with van der Waals surface area (Å²) in [5.41, 5.74) is 0.358. The Hall–Kier alpha value is -2.23. The lowest BCUT2D eigenvalue weighted by molar-refractivity contribution is 0.0724. The zero-order valence-electron chi connectivity index (χ0n) is 14.5. The molecule has 1 atom stereocenters. The minimum absolute atomic E-state index is 0.0369. The van der Waals surface area contributed by atoms with Crippen molar-refractivity contribution in [3.05, 3.63) is 48.3 Å². The fourth-order valence-electron chi connectivity index (χ4n) is 2.89. The van der Waals surface area contributed by atoms with Gasteiger partial charge in [0, 0.05) is 44.7 Å². The number of hydrogen-bond acceptors (Lipinski definition) is 5. The molecule has 1 aliphatic rings. The zero-order valence-corrected chi connectivity index (χ0v) is 15.4. The third-order valence-electron chi connectivity index (χ3n) is 4.35. The number of aromatic nitrogens is 2. The SMILES string of the molecule is COC1CCN(C(=O)c2cccc(S(=O)(=O)NCCn3cccn3)c2)C1. The van der Waals surface area contributed by atoms with Crippen molar-refractivity contribution in [1.29, 1.82) is 0 Å². The van der Waals surface area contributed by atoms with Crippen LogP contribution in [0.1, 0.15) is 16.8 Å². The van der Waals surface area contributed by atoms with Gasteiger partial charge in [0.1, 0.15) is 0 Å². The Balaban J connectivity index is 1.66. The highest BCUT2D eigenvalue weighted by Gasteiger charge is 2.27. The van der Waals surface area contributed by atoms with E-state index in [-0.39, 0.29) is 23.5 Å². The van der Waals surface area contributed by atoms with E-state index >= 15 is 0 Å². The van der Waals surface area contributed by atoms with E-state index in [4.69, 9.17) is 4.74 Å². The molecule has 1 N–H and O–H groups in total. The predicted octanol–water partition coefficient (Wildman–Crippen LogP) is 0.722. The minimum Gasteiger partial charge on any atom is -0.380 e. The smallest absolute Gasteiger partial charge is 0.253 e. The molecule has 3 rings (SSSR count). The Morgan fingerprint density at radius 3 is 2.92 bits per heavy atom. The molecule has 8 nitrogen and oxygen atoms in total.